The number of halogens is 1. The summed E-state index contributed by atoms with van der Waals surface area (Å²) < 4.78 is 21.3. The average Bonchev–Trinajstić information content (AvgIpc) is 3.08. The lowest BCUT2D eigenvalue weighted by Crippen LogP contribution is -2.30. The van der Waals surface area contributed by atoms with Crippen molar-refractivity contribution >= 4 is 58.5 Å². The molecule has 0 fully saturated rings. The number of thioether (sulfide) groups is 1. The van der Waals surface area contributed by atoms with E-state index >= 15 is 0 Å². The van der Waals surface area contributed by atoms with Crippen molar-refractivity contribution in [2.24, 2.45) is 0 Å². The molecule has 0 radical (unpaired) electrons. The molecule has 0 saturated heterocycles. The summed E-state index contributed by atoms with van der Waals surface area (Å²) in [7, 11) is 6.01. The van der Waals surface area contributed by atoms with Crippen LogP contribution >= 0.6 is 23.4 Å². The highest BCUT2D eigenvalue weighted by molar-refractivity contribution is 8.00. The van der Waals surface area contributed by atoms with Gasteiger partial charge in [0.15, 0.2) is 11.5 Å². The van der Waals surface area contributed by atoms with Crippen LogP contribution in [0.1, 0.15) is 22.8 Å². The molecule has 0 bridgehead atoms. The molecule has 3 N–H and O–H groups in total. The van der Waals surface area contributed by atoms with Crippen LogP contribution in [0.3, 0.4) is 0 Å². The first-order chi connectivity index (χ1) is 22.6. The van der Waals surface area contributed by atoms with Crippen LogP contribution in [-0.4, -0.2) is 51.4 Å². The molecule has 0 aliphatic heterocycles. The highest BCUT2D eigenvalue weighted by atomic mass is 35.5. The van der Waals surface area contributed by atoms with Gasteiger partial charge >= 0.3 is 0 Å². The number of rotatable bonds is 13. The Morgan fingerprint density at radius 3 is 2.13 bits per heavy atom. The quantitative estimate of drug-likeness (QED) is 0.103. The van der Waals surface area contributed by atoms with E-state index in [2.05, 4.69) is 16.0 Å². The van der Waals surface area contributed by atoms with Crippen molar-refractivity contribution in [3.8, 4) is 23.0 Å². The van der Waals surface area contributed by atoms with Crippen LogP contribution in [0, 0.1) is 0 Å². The zero-order valence-electron chi connectivity index (χ0n) is 26.4. The van der Waals surface area contributed by atoms with Crippen LogP contribution in [0.25, 0.3) is 6.08 Å². The van der Waals surface area contributed by atoms with Gasteiger partial charge in [0, 0.05) is 22.2 Å². The average molecular weight is 676 g/mol. The minimum Gasteiger partial charge on any atom is -0.495 e. The van der Waals surface area contributed by atoms with Crippen molar-refractivity contribution in [2.45, 2.75) is 17.1 Å². The highest BCUT2D eigenvalue weighted by Gasteiger charge is 2.20. The molecule has 0 saturated carbocycles. The van der Waals surface area contributed by atoms with E-state index in [1.165, 1.54) is 40.2 Å². The van der Waals surface area contributed by atoms with Gasteiger partial charge in [-0.2, -0.15) is 0 Å². The maximum absolute atomic E-state index is 13.6. The molecule has 47 heavy (non-hydrogen) atoms. The van der Waals surface area contributed by atoms with Gasteiger partial charge in [-0.15, -0.1) is 11.8 Å². The van der Waals surface area contributed by atoms with Crippen molar-refractivity contribution in [1.82, 2.24) is 5.32 Å². The zero-order valence-corrected chi connectivity index (χ0v) is 28.0. The van der Waals surface area contributed by atoms with Crippen LogP contribution in [0.4, 0.5) is 11.4 Å². The van der Waals surface area contributed by atoms with Gasteiger partial charge < -0.3 is 34.9 Å². The molecule has 0 aliphatic rings. The largest absolute Gasteiger partial charge is 0.495 e. The third kappa shape index (κ3) is 9.21. The summed E-state index contributed by atoms with van der Waals surface area (Å²) >= 11 is 7.55. The Morgan fingerprint density at radius 2 is 1.45 bits per heavy atom. The molecule has 4 aromatic rings. The van der Waals surface area contributed by atoms with Gasteiger partial charge in [-0.25, -0.2) is 0 Å². The standard InChI is InChI=1S/C35H34ClN3O7S/c1-21(33(40)38-27-19-26(36)30(44-3)20-31(27)45-4)47-25-13-9-12-24(18-25)37-35(42)28(39-34(41)23-10-7-6-8-11-23)16-22-14-15-29(43-2)32(17-22)46-5/h6-21H,1-5H3,(H,37,42)(H,38,40)(H,39,41)/b28-16+. The van der Waals surface area contributed by atoms with Crippen molar-refractivity contribution in [1.29, 1.82) is 0 Å². The Hall–Kier alpha value is -5.13. The predicted molar refractivity (Wildman–Crippen MR) is 185 cm³/mol. The van der Waals surface area contributed by atoms with Gasteiger partial charge in [0.2, 0.25) is 5.91 Å². The van der Waals surface area contributed by atoms with Crippen LogP contribution in [0.2, 0.25) is 5.02 Å². The molecule has 1 unspecified atom stereocenters. The third-order valence-corrected chi connectivity index (χ3v) is 8.14. The molecule has 0 aliphatic carbocycles. The fourth-order valence-electron chi connectivity index (χ4n) is 4.35. The second kappa shape index (κ2) is 16.4. The lowest BCUT2D eigenvalue weighted by molar-refractivity contribution is -0.115. The van der Waals surface area contributed by atoms with Crippen molar-refractivity contribution < 1.29 is 33.3 Å². The number of anilines is 2. The smallest absolute Gasteiger partial charge is 0.272 e. The monoisotopic (exact) mass is 675 g/mol. The van der Waals surface area contributed by atoms with E-state index in [0.29, 0.717) is 50.5 Å². The maximum Gasteiger partial charge on any atom is 0.272 e. The maximum atomic E-state index is 13.6. The molecule has 244 valence electrons. The number of ether oxygens (including phenoxy) is 4. The fraction of sp³-hybridized carbons (Fsp3) is 0.171. The molecule has 1 atom stereocenters. The zero-order chi connectivity index (χ0) is 33.9. The molecule has 4 aromatic carbocycles. The molecule has 0 aromatic heterocycles. The summed E-state index contributed by atoms with van der Waals surface area (Å²) in [5, 5.41) is 8.22. The summed E-state index contributed by atoms with van der Waals surface area (Å²) in [4.78, 5) is 40.4. The van der Waals surface area contributed by atoms with E-state index in [-0.39, 0.29) is 11.6 Å². The Bertz CT molecular complexity index is 1780. The second-order valence-corrected chi connectivity index (χ2v) is 11.7. The molecule has 4 rings (SSSR count). The van der Waals surface area contributed by atoms with Crippen molar-refractivity contribution in [3.63, 3.8) is 0 Å². The van der Waals surface area contributed by atoms with E-state index in [1.54, 1.807) is 91.9 Å². The number of hydrogen-bond acceptors (Lipinski definition) is 8. The van der Waals surface area contributed by atoms with Gasteiger partial charge in [0.1, 0.15) is 17.2 Å². The number of carbonyl (C=O) groups excluding carboxylic acids is 3. The molecular weight excluding hydrogens is 642 g/mol. The number of nitrogens with one attached hydrogen (secondary N) is 3. The minimum atomic E-state index is -0.555. The Labute approximate surface area is 282 Å². The van der Waals surface area contributed by atoms with Crippen LogP contribution < -0.4 is 34.9 Å². The van der Waals surface area contributed by atoms with E-state index in [0.717, 1.165) is 4.90 Å². The second-order valence-electron chi connectivity index (χ2n) is 9.91. The summed E-state index contributed by atoms with van der Waals surface area (Å²) in [5.74, 6) is 0.515. The fourth-order valence-corrected chi connectivity index (χ4v) is 5.51. The molecule has 10 nitrogen and oxygen atoms in total. The van der Waals surface area contributed by atoms with Crippen LogP contribution in [0.15, 0.2) is 95.5 Å². The molecule has 0 heterocycles. The SMILES string of the molecule is COc1cc(OC)c(NC(=O)C(C)Sc2cccc(NC(=O)/C(=C\c3ccc(OC)c(OC)c3)NC(=O)c3ccccc3)c2)cc1Cl. The Morgan fingerprint density at radius 1 is 0.745 bits per heavy atom. The minimum absolute atomic E-state index is 0.00368. The van der Waals surface area contributed by atoms with Crippen LogP contribution in [-0.2, 0) is 9.59 Å². The van der Waals surface area contributed by atoms with E-state index in [4.69, 9.17) is 30.5 Å². The predicted octanol–water partition coefficient (Wildman–Crippen LogP) is 6.90. The summed E-state index contributed by atoms with van der Waals surface area (Å²) in [6.45, 7) is 1.76. The third-order valence-electron chi connectivity index (χ3n) is 6.75. The Kier molecular flexibility index (Phi) is 12.1. The van der Waals surface area contributed by atoms with Gasteiger partial charge in [-0.05, 0) is 67.1 Å². The number of carbonyl (C=O) groups is 3. The lowest BCUT2D eigenvalue weighted by atomic mass is 10.1. The highest BCUT2D eigenvalue weighted by Crippen LogP contribution is 2.36. The van der Waals surface area contributed by atoms with Gasteiger partial charge in [-0.1, -0.05) is 41.9 Å². The van der Waals surface area contributed by atoms with Gasteiger partial charge in [0.25, 0.3) is 11.8 Å². The molecular formula is C35H34ClN3O7S. The van der Waals surface area contributed by atoms with E-state index in [1.807, 2.05) is 6.07 Å². The number of benzene rings is 4. The van der Waals surface area contributed by atoms with E-state index < -0.39 is 17.1 Å². The topological polar surface area (TPSA) is 124 Å². The van der Waals surface area contributed by atoms with Gasteiger partial charge in [0.05, 0.1) is 44.4 Å². The normalized spacial score (nSPS) is 11.6. The van der Waals surface area contributed by atoms with Gasteiger partial charge in [-0.3, -0.25) is 14.4 Å². The van der Waals surface area contributed by atoms with Crippen molar-refractivity contribution in [2.75, 3.05) is 39.1 Å². The Balaban J connectivity index is 1.52. The molecule has 3 amide bonds. The first-order valence-corrected chi connectivity index (χ1v) is 15.5. The summed E-state index contributed by atoms with van der Waals surface area (Å²) in [6, 6.07) is 23.9. The molecule has 0 spiro atoms. The summed E-state index contributed by atoms with van der Waals surface area (Å²) in [6.07, 6.45) is 1.54. The van der Waals surface area contributed by atoms with Crippen molar-refractivity contribution in [3.05, 3.63) is 107 Å². The first-order valence-electron chi connectivity index (χ1n) is 14.3. The number of amides is 3. The number of hydrogen-bond donors (Lipinski definition) is 3. The number of methoxy groups -OCH3 is 4. The van der Waals surface area contributed by atoms with E-state index in [9.17, 15) is 14.4 Å². The lowest BCUT2D eigenvalue weighted by Gasteiger charge is -2.16. The molecule has 12 heteroatoms. The summed E-state index contributed by atoms with van der Waals surface area (Å²) in [5.41, 5.74) is 1.86. The van der Waals surface area contributed by atoms with Crippen LogP contribution in [0.5, 0.6) is 23.0 Å². The first kappa shape index (κ1) is 34.7.